The van der Waals surface area contributed by atoms with E-state index in [9.17, 15) is 4.79 Å². The molecule has 0 saturated carbocycles. The Morgan fingerprint density at radius 3 is 2.68 bits per heavy atom. The van der Waals surface area contributed by atoms with Crippen LogP contribution in [0.5, 0.6) is 0 Å². The van der Waals surface area contributed by atoms with E-state index < -0.39 is 5.91 Å². The van der Waals surface area contributed by atoms with Crippen molar-refractivity contribution in [3.05, 3.63) is 48.3 Å². The zero-order valence-electron chi connectivity index (χ0n) is 13.6. The molecule has 0 unspecified atom stereocenters. The van der Waals surface area contributed by atoms with Crippen molar-refractivity contribution in [1.29, 1.82) is 0 Å². The average Bonchev–Trinajstić information content (AvgIpc) is 2.68. The van der Waals surface area contributed by atoms with E-state index in [0.29, 0.717) is 22.6 Å². The minimum absolute atomic E-state index is 0.397. The van der Waals surface area contributed by atoms with Crippen LogP contribution in [0.15, 0.2) is 42.7 Å². The molecule has 4 rings (SSSR count). The van der Waals surface area contributed by atoms with Gasteiger partial charge in [0, 0.05) is 49.6 Å². The van der Waals surface area contributed by atoms with Gasteiger partial charge in [-0.15, -0.1) is 0 Å². The van der Waals surface area contributed by atoms with Crippen molar-refractivity contribution in [3.8, 4) is 11.5 Å². The van der Waals surface area contributed by atoms with Gasteiger partial charge >= 0.3 is 0 Å². The minimum Gasteiger partial charge on any atom is -0.368 e. The Kier molecular flexibility index (Phi) is 3.99. The van der Waals surface area contributed by atoms with E-state index in [1.165, 1.54) is 0 Å². The third-order valence-electron chi connectivity index (χ3n) is 4.34. The number of hydrogen-bond donors (Lipinski definition) is 2. The van der Waals surface area contributed by atoms with Gasteiger partial charge in [0.05, 0.1) is 11.1 Å². The maximum atomic E-state index is 11.9. The van der Waals surface area contributed by atoms with Crippen molar-refractivity contribution in [1.82, 2.24) is 20.3 Å². The molecule has 3 heterocycles. The van der Waals surface area contributed by atoms with E-state index in [-0.39, 0.29) is 0 Å². The molecule has 3 aromatic rings. The lowest BCUT2D eigenvalue weighted by Crippen LogP contribution is -2.43. The fourth-order valence-corrected chi connectivity index (χ4v) is 3.10. The van der Waals surface area contributed by atoms with Crippen molar-refractivity contribution < 1.29 is 4.79 Å². The summed E-state index contributed by atoms with van der Waals surface area (Å²) in [6, 6.07) is 9.23. The highest BCUT2D eigenvalue weighted by atomic mass is 16.1. The molecule has 0 aliphatic carbocycles. The lowest BCUT2D eigenvalue weighted by Gasteiger charge is -2.30. The molecule has 0 spiro atoms. The Morgan fingerprint density at radius 1 is 1.12 bits per heavy atom. The number of pyridine rings is 1. The summed E-state index contributed by atoms with van der Waals surface area (Å²) in [4.78, 5) is 27.5. The number of nitrogens with two attached hydrogens (primary N) is 1. The van der Waals surface area contributed by atoms with Crippen LogP contribution in [0.3, 0.4) is 0 Å². The van der Waals surface area contributed by atoms with E-state index in [4.69, 9.17) is 5.73 Å². The lowest BCUT2D eigenvalue weighted by molar-refractivity contribution is 0.100. The lowest BCUT2D eigenvalue weighted by atomic mass is 10.1. The average molecular weight is 334 g/mol. The van der Waals surface area contributed by atoms with Gasteiger partial charge in [-0.25, -0.2) is 9.97 Å². The van der Waals surface area contributed by atoms with E-state index >= 15 is 0 Å². The van der Waals surface area contributed by atoms with Crippen LogP contribution in [-0.2, 0) is 0 Å². The molecule has 0 bridgehead atoms. The third kappa shape index (κ3) is 2.89. The first kappa shape index (κ1) is 15.5. The van der Waals surface area contributed by atoms with Crippen LogP contribution >= 0.6 is 0 Å². The summed E-state index contributed by atoms with van der Waals surface area (Å²) in [5.41, 5.74) is 8.21. The summed E-state index contributed by atoms with van der Waals surface area (Å²) in [7, 11) is 0. The zero-order valence-corrected chi connectivity index (χ0v) is 13.6. The second-order valence-electron chi connectivity index (χ2n) is 5.90. The van der Waals surface area contributed by atoms with Crippen LogP contribution in [0.4, 0.5) is 5.69 Å². The number of aromatic nitrogens is 3. The number of nitrogens with zero attached hydrogens (tertiary/aromatic N) is 4. The molecule has 1 aliphatic rings. The largest absolute Gasteiger partial charge is 0.368 e. The number of nitrogens with one attached hydrogen (secondary N) is 1. The molecule has 25 heavy (non-hydrogen) atoms. The Bertz CT molecular complexity index is 922. The fourth-order valence-electron chi connectivity index (χ4n) is 3.10. The number of carbonyl (C=O) groups excluding carboxylic acids is 1. The Balaban J connectivity index is 1.90. The monoisotopic (exact) mass is 334 g/mol. The van der Waals surface area contributed by atoms with Gasteiger partial charge in [0.2, 0.25) is 0 Å². The van der Waals surface area contributed by atoms with Crippen molar-refractivity contribution in [3.63, 3.8) is 0 Å². The van der Waals surface area contributed by atoms with Crippen molar-refractivity contribution in [2.75, 3.05) is 31.1 Å². The number of amides is 1. The predicted molar refractivity (Wildman–Crippen MR) is 96.4 cm³/mol. The molecule has 1 aromatic carbocycles. The molecule has 2 aromatic heterocycles. The van der Waals surface area contributed by atoms with Gasteiger partial charge < -0.3 is 16.0 Å². The number of rotatable bonds is 3. The van der Waals surface area contributed by atoms with Gasteiger partial charge in [-0.05, 0) is 24.3 Å². The second-order valence-corrected chi connectivity index (χ2v) is 5.90. The molecular weight excluding hydrogens is 316 g/mol. The molecule has 0 radical (unpaired) electrons. The Labute approximate surface area is 144 Å². The maximum absolute atomic E-state index is 11.9. The summed E-state index contributed by atoms with van der Waals surface area (Å²) in [6.45, 7) is 3.64. The number of primary amides is 1. The molecule has 7 heteroatoms. The van der Waals surface area contributed by atoms with Gasteiger partial charge in [-0.2, -0.15) is 0 Å². The van der Waals surface area contributed by atoms with Crippen molar-refractivity contribution in [2.45, 2.75) is 0 Å². The van der Waals surface area contributed by atoms with Crippen LogP contribution < -0.4 is 16.0 Å². The number of hydrogen-bond acceptors (Lipinski definition) is 6. The SMILES string of the molecule is NC(=O)c1ccc(N2CCNCC2)c2cnc(-c3ccccn3)nc12. The highest BCUT2D eigenvalue weighted by molar-refractivity contribution is 6.08. The molecule has 3 N–H and O–H groups in total. The van der Waals surface area contributed by atoms with Crippen LogP contribution in [0, 0.1) is 0 Å². The number of piperazine rings is 1. The standard InChI is InChI=1S/C18H18N6O/c19-17(25)12-4-5-15(24-9-7-20-8-10-24)13-11-22-18(23-16(12)13)14-3-1-2-6-21-14/h1-6,11,20H,7-10H2,(H2,19,25). The molecular formula is C18H18N6O. The summed E-state index contributed by atoms with van der Waals surface area (Å²) in [5.74, 6) is -0.0180. The topological polar surface area (TPSA) is 97.0 Å². The molecule has 0 atom stereocenters. The van der Waals surface area contributed by atoms with E-state index in [1.807, 2.05) is 24.3 Å². The van der Waals surface area contributed by atoms with E-state index in [2.05, 4.69) is 25.2 Å². The highest BCUT2D eigenvalue weighted by Gasteiger charge is 2.18. The van der Waals surface area contributed by atoms with Gasteiger partial charge in [0.25, 0.3) is 5.91 Å². The first-order valence-electron chi connectivity index (χ1n) is 8.20. The second kappa shape index (κ2) is 6.45. The first-order valence-corrected chi connectivity index (χ1v) is 8.20. The molecule has 1 amide bonds. The highest BCUT2D eigenvalue weighted by Crippen LogP contribution is 2.29. The van der Waals surface area contributed by atoms with Gasteiger partial charge in [0.1, 0.15) is 5.69 Å². The predicted octanol–water partition coefficient (Wildman–Crippen LogP) is 1.20. The molecule has 1 fully saturated rings. The van der Waals surface area contributed by atoms with E-state index in [1.54, 1.807) is 18.5 Å². The quantitative estimate of drug-likeness (QED) is 0.747. The smallest absolute Gasteiger partial charge is 0.250 e. The zero-order chi connectivity index (χ0) is 17.2. The summed E-state index contributed by atoms with van der Waals surface area (Å²) < 4.78 is 0. The minimum atomic E-state index is -0.498. The van der Waals surface area contributed by atoms with Crippen LogP contribution in [0.2, 0.25) is 0 Å². The van der Waals surface area contributed by atoms with Gasteiger partial charge in [-0.1, -0.05) is 6.07 Å². The number of fused-ring (bicyclic) bond motifs is 1. The summed E-state index contributed by atoms with van der Waals surface area (Å²) in [5, 5.41) is 4.17. The number of anilines is 1. The summed E-state index contributed by atoms with van der Waals surface area (Å²) >= 11 is 0. The Hall–Kier alpha value is -3.06. The van der Waals surface area contributed by atoms with Gasteiger partial charge in [0.15, 0.2) is 5.82 Å². The van der Waals surface area contributed by atoms with Crippen LogP contribution in [0.25, 0.3) is 22.4 Å². The number of benzene rings is 1. The molecule has 1 aliphatic heterocycles. The number of carbonyl (C=O) groups is 1. The first-order chi connectivity index (χ1) is 12.2. The van der Waals surface area contributed by atoms with Crippen LogP contribution in [0.1, 0.15) is 10.4 Å². The normalized spacial score (nSPS) is 14.6. The molecule has 1 saturated heterocycles. The van der Waals surface area contributed by atoms with Crippen LogP contribution in [-0.4, -0.2) is 47.0 Å². The fraction of sp³-hybridized carbons (Fsp3) is 0.222. The third-order valence-corrected chi connectivity index (χ3v) is 4.34. The van der Waals surface area contributed by atoms with Crippen molar-refractivity contribution >= 4 is 22.5 Å². The Morgan fingerprint density at radius 2 is 1.96 bits per heavy atom. The van der Waals surface area contributed by atoms with Crippen molar-refractivity contribution in [2.24, 2.45) is 5.73 Å². The summed E-state index contributed by atoms with van der Waals surface area (Å²) in [6.07, 6.45) is 3.45. The molecule has 126 valence electrons. The van der Waals surface area contributed by atoms with E-state index in [0.717, 1.165) is 37.3 Å². The van der Waals surface area contributed by atoms with Gasteiger partial charge in [-0.3, -0.25) is 9.78 Å². The molecule has 7 nitrogen and oxygen atoms in total. The maximum Gasteiger partial charge on any atom is 0.250 e.